The van der Waals surface area contributed by atoms with Gasteiger partial charge in [-0.1, -0.05) is 31.2 Å². The van der Waals surface area contributed by atoms with Crippen molar-refractivity contribution in [1.29, 1.82) is 0 Å². The zero-order chi connectivity index (χ0) is 9.80. The van der Waals surface area contributed by atoms with Gasteiger partial charge < -0.3 is 5.32 Å². The Bertz CT molecular complexity index is 270. The Balaban J connectivity index is 2.07. The third kappa shape index (κ3) is 2.16. The van der Waals surface area contributed by atoms with Crippen LogP contribution in [0.2, 0.25) is 0 Å². The second-order valence-electron chi connectivity index (χ2n) is 3.97. The van der Waals surface area contributed by atoms with Gasteiger partial charge in [-0.25, -0.2) is 0 Å². The molecule has 0 saturated carbocycles. The number of rotatable bonds is 2. The first-order valence-electron chi connectivity index (χ1n) is 5.54. The molecule has 1 aromatic rings. The van der Waals surface area contributed by atoms with E-state index < -0.39 is 0 Å². The van der Waals surface area contributed by atoms with Crippen molar-refractivity contribution >= 4 is 0 Å². The van der Waals surface area contributed by atoms with Crippen molar-refractivity contribution in [3.63, 3.8) is 0 Å². The molecule has 1 aliphatic heterocycles. The van der Waals surface area contributed by atoms with Crippen LogP contribution in [0.3, 0.4) is 0 Å². The van der Waals surface area contributed by atoms with Crippen LogP contribution in [-0.4, -0.2) is 6.54 Å². The van der Waals surface area contributed by atoms with E-state index in [0.29, 0.717) is 0 Å². The molecular formula is C13H18N. The van der Waals surface area contributed by atoms with E-state index >= 15 is 0 Å². The summed E-state index contributed by atoms with van der Waals surface area (Å²) in [5, 5.41) is 3.28. The van der Waals surface area contributed by atoms with Crippen molar-refractivity contribution in [1.82, 2.24) is 5.32 Å². The molecule has 1 heteroatoms. The van der Waals surface area contributed by atoms with E-state index in [4.69, 9.17) is 0 Å². The Hall–Kier alpha value is -0.820. The lowest BCUT2D eigenvalue weighted by Gasteiger charge is -2.22. The second kappa shape index (κ2) is 4.61. The zero-order valence-electron chi connectivity index (χ0n) is 8.79. The summed E-state index contributed by atoms with van der Waals surface area (Å²) in [5.41, 5.74) is 2.94. The molecule has 1 fully saturated rings. The Morgan fingerprint density at radius 3 is 2.64 bits per heavy atom. The minimum atomic E-state index is 0.738. The summed E-state index contributed by atoms with van der Waals surface area (Å²) in [4.78, 5) is 0. The van der Waals surface area contributed by atoms with Crippen LogP contribution in [0.1, 0.15) is 36.8 Å². The van der Waals surface area contributed by atoms with E-state index in [1.54, 1.807) is 0 Å². The topological polar surface area (TPSA) is 12.0 Å². The van der Waals surface area contributed by atoms with Crippen LogP contribution in [0, 0.1) is 6.54 Å². The highest BCUT2D eigenvalue weighted by atomic mass is 14.9. The second-order valence-corrected chi connectivity index (χ2v) is 3.97. The summed E-state index contributed by atoms with van der Waals surface area (Å²) in [6.45, 7) is 5.52. The molecule has 1 nitrogen and oxygen atoms in total. The Labute approximate surface area is 86.5 Å². The standard InChI is InChI=1S/C13H18N/c1-2-11-3-5-12(6-4-11)13-7-9-14-10-8-13/h3-6,9,13-14H,2,7-8,10H2,1H3. The summed E-state index contributed by atoms with van der Waals surface area (Å²) >= 11 is 0. The summed E-state index contributed by atoms with van der Waals surface area (Å²) in [7, 11) is 0. The molecular weight excluding hydrogens is 170 g/mol. The SMILES string of the molecule is CCc1ccc(C2C[CH]NCC2)cc1. The van der Waals surface area contributed by atoms with Gasteiger partial charge in [-0.05, 0) is 42.9 Å². The van der Waals surface area contributed by atoms with Crippen LogP contribution in [0.25, 0.3) is 0 Å². The average molecular weight is 188 g/mol. The fraction of sp³-hybridized carbons (Fsp3) is 0.462. The molecule has 1 radical (unpaired) electrons. The molecule has 0 bridgehead atoms. The minimum absolute atomic E-state index is 0.738. The fourth-order valence-electron chi connectivity index (χ4n) is 2.03. The van der Waals surface area contributed by atoms with E-state index in [0.717, 1.165) is 18.9 Å². The molecule has 0 aromatic heterocycles. The Kier molecular flexibility index (Phi) is 3.20. The number of aryl methyl sites for hydroxylation is 1. The Morgan fingerprint density at radius 1 is 1.29 bits per heavy atom. The maximum absolute atomic E-state index is 3.28. The largest absolute Gasteiger partial charge is 0.312 e. The van der Waals surface area contributed by atoms with Crippen molar-refractivity contribution < 1.29 is 0 Å². The van der Waals surface area contributed by atoms with Gasteiger partial charge in [-0.2, -0.15) is 0 Å². The normalized spacial score (nSPS) is 18.4. The van der Waals surface area contributed by atoms with Gasteiger partial charge in [0.05, 0.1) is 0 Å². The highest BCUT2D eigenvalue weighted by Crippen LogP contribution is 2.26. The number of piperidine rings is 1. The summed E-state index contributed by atoms with van der Waals surface area (Å²) < 4.78 is 0. The quantitative estimate of drug-likeness (QED) is 0.752. The van der Waals surface area contributed by atoms with Crippen LogP contribution in [0.5, 0.6) is 0 Å². The fourth-order valence-corrected chi connectivity index (χ4v) is 2.03. The summed E-state index contributed by atoms with van der Waals surface area (Å²) in [5.74, 6) is 0.738. The molecule has 1 N–H and O–H groups in total. The predicted octanol–water partition coefficient (Wildman–Crippen LogP) is 2.88. The van der Waals surface area contributed by atoms with Crippen molar-refractivity contribution in [3.05, 3.63) is 41.9 Å². The zero-order valence-corrected chi connectivity index (χ0v) is 8.79. The first kappa shape index (κ1) is 9.72. The van der Waals surface area contributed by atoms with Gasteiger partial charge >= 0.3 is 0 Å². The van der Waals surface area contributed by atoms with Crippen LogP contribution in [0.15, 0.2) is 24.3 Å². The molecule has 1 saturated heterocycles. The maximum Gasteiger partial charge on any atom is 0.0227 e. The first-order chi connectivity index (χ1) is 6.90. The molecule has 2 rings (SSSR count). The minimum Gasteiger partial charge on any atom is -0.312 e. The molecule has 1 heterocycles. The van der Waals surface area contributed by atoms with E-state index in [1.165, 1.54) is 24.0 Å². The van der Waals surface area contributed by atoms with E-state index in [9.17, 15) is 0 Å². The van der Waals surface area contributed by atoms with Gasteiger partial charge in [-0.3, -0.25) is 0 Å². The van der Waals surface area contributed by atoms with Gasteiger partial charge in [0.2, 0.25) is 0 Å². The van der Waals surface area contributed by atoms with Crippen molar-refractivity contribution in [2.75, 3.05) is 6.54 Å². The predicted molar refractivity (Wildman–Crippen MR) is 60.1 cm³/mol. The van der Waals surface area contributed by atoms with Crippen molar-refractivity contribution in [2.45, 2.75) is 32.1 Å². The average Bonchev–Trinajstić information content (AvgIpc) is 2.30. The highest BCUT2D eigenvalue weighted by Gasteiger charge is 2.14. The van der Waals surface area contributed by atoms with Gasteiger partial charge in [0.25, 0.3) is 0 Å². The van der Waals surface area contributed by atoms with Crippen molar-refractivity contribution in [2.24, 2.45) is 0 Å². The van der Waals surface area contributed by atoms with E-state index in [-0.39, 0.29) is 0 Å². The third-order valence-electron chi connectivity index (χ3n) is 3.04. The van der Waals surface area contributed by atoms with Crippen molar-refractivity contribution in [3.8, 4) is 0 Å². The number of benzene rings is 1. The molecule has 0 aliphatic carbocycles. The van der Waals surface area contributed by atoms with Crippen LogP contribution in [0.4, 0.5) is 0 Å². The molecule has 1 aromatic carbocycles. The lowest BCUT2D eigenvalue weighted by Crippen LogP contribution is -2.22. The molecule has 75 valence electrons. The number of hydrogen-bond donors (Lipinski definition) is 1. The maximum atomic E-state index is 3.28. The third-order valence-corrected chi connectivity index (χ3v) is 3.04. The first-order valence-corrected chi connectivity index (χ1v) is 5.54. The molecule has 0 amide bonds. The lowest BCUT2D eigenvalue weighted by atomic mass is 9.90. The number of hydrogen-bond acceptors (Lipinski definition) is 1. The van der Waals surface area contributed by atoms with Gasteiger partial charge in [0.1, 0.15) is 0 Å². The van der Waals surface area contributed by atoms with E-state index in [2.05, 4.69) is 43.1 Å². The summed E-state index contributed by atoms with van der Waals surface area (Å²) in [6.07, 6.45) is 3.58. The smallest absolute Gasteiger partial charge is 0.0227 e. The molecule has 1 aliphatic rings. The van der Waals surface area contributed by atoms with E-state index in [1.807, 2.05) is 0 Å². The van der Waals surface area contributed by atoms with Gasteiger partial charge in [-0.15, -0.1) is 0 Å². The molecule has 1 unspecified atom stereocenters. The van der Waals surface area contributed by atoms with Gasteiger partial charge in [0.15, 0.2) is 0 Å². The molecule has 1 atom stereocenters. The highest BCUT2D eigenvalue weighted by molar-refractivity contribution is 5.26. The monoisotopic (exact) mass is 188 g/mol. The lowest BCUT2D eigenvalue weighted by molar-refractivity contribution is 0.510. The molecule has 14 heavy (non-hydrogen) atoms. The Morgan fingerprint density at radius 2 is 2.07 bits per heavy atom. The summed E-state index contributed by atoms with van der Waals surface area (Å²) in [6, 6.07) is 9.11. The van der Waals surface area contributed by atoms with Crippen LogP contribution < -0.4 is 5.32 Å². The molecule has 0 spiro atoms. The number of nitrogens with one attached hydrogen (secondary N) is 1. The van der Waals surface area contributed by atoms with Gasteiger partial charge in [0, 0.05) is 6.54 Å². The van der Waals surface area contributed by atoms with Crippen LogP contribution in [-0.2, 0) is 6.42 Å². The van der Waals surface area contributed by atoms with Crippen LogP contribution >= 0.6 is 0 Å².